The molecule has 0 bridgehead atoms. The monoisotopic (exact) mass is 315 g/mol. The minimum absolute atomic E-state index is 0.0164. The molecule has 1 fully saturated rings. The van der Waals surface area contributed by atoms with Gasteiger partial charge < -0.3 is 10.2 Å². The van der Waals surface area contributed by atoms with Gasteiger partial charge in [0.15, 0.2) is 6.54 Å². The molecule has 0 heterocycles. The molecule has 110 valence electrons. The Bertz CT molecular complexity index is 473. The van der Waals surface area contributed by atoms with Crippen LogP contribution in [0.15, 0.2) is 18.2 Å². The summed E-state index contributed by atoms with van der Waals surface area (Å²) in [5.74, 6) is -0.0164. The van der Waals surface area contributed by atoms with E-state index in [0.717, 1.165) is 0 Å². The molecule has 5 heteroatoms. The van der Waals surface area contributed by atoms with Crippen LogP contribution in [0, 0.1) is 0 Å². The molecular weight excluding hydrogens is 295 g/mol. The Hall–Kier alpha value is -0.770. The number of likely N-dealkylation sites (N-methyl/N-ethyl adjacent to an activating group) is 1. The van der Waals surface area contributed by atoms with E-state index in [2.05, 4.69) is 12.4 Å². The number of hydrogen-bond donors (Lipinski definition) is 2. The van der Waals surface area contributed by atoms with E-state index in [4.69, 9.17) is 23.2 Å². The summed E-state index contributed by atoms with van der Waals surface area (Å²) in [5, 5.41) is 3.92. The number of benzene rings is 1. The molecule has 1 aliphatic rings. The molecule has 0 saturated heterocycles. The van der Waals surface area contributed by atoms with Crippen LogP contribution in [0.1, 0.15) is 32.1 Å². The van der Waals surface area contributed by atoms with Gasteiger partial charge in [0, 0.05) is 5.02 Å². The fourth-order valence-corrected chi connectivity index (χ4v) is 3.12. The average Bonchev–Trinajstić information content (AvgIpc) is 2.43. The number of anilines is 1. The van der Waals surface area contributed by atoms with Crippen molar-refractivity contribution in [3.05, 3.63) is 28.2 Å². The van der Waals surface area contributed by atoms with Crippen LogP contribution < -0.4 is 10.2 Å². The fourth-order valence-electron chi connectivity index (χ4n) is 2.78. The van der Waals surface area contributed by atoms with Crippen molar-refractivity contribution in [1.82, 2.24) is 0 Å². The molecule has 3 nitrogen and oxygen atoms in total. The molecule has 0 radical (unpaired) electrons. The van der Waals surface area contributed by atoms with Crippen LogP contribution in [0.3, 0.4) is 0 Å². The molecule has 1 aromatic rings. The van der Waals surface area contributed by atoms with Crippen LogP contribution in [0.25, 0.3) is 0 Å². The van der Waals surface area contributed by atoms with Gasteiger partial charge in [-0.3, -0.25) is 4.79 Å². The molecule has 1 atom stereocenters. The zero-order chi connectivity index (χ0) is 14.5. The third-order valence-electron chi connectivity index (χ3n) is 3.94. The molecular formula is C15H21Cl2N2O+. The fraction of sp³-hybridized carbons (Fsp3) is 0.533. The highest BCUT2D eigenvalue weighted by atomic mass is 35.5. The van der Waals surface area contributed by atoms with Crippen molar-refractivity contribution in [3.63, 3.8) is 0 Å². The highest BCUT2D eigenvalue weighted by Gasteiger charge is 2.23. The van der Waals surface area contributed by atoms with Crippen molar-refractivity contribution in [2.75, 3.05) is 18.9 Å². The summed E-state index contributed by atoms with van der Waals surface area (Å²) < 4.78 is 0. The van der Waals surface area contributed by atoms with Crippen molar-refractivity contribution in [2.45, 2.75) is 38.1 Å². The van der Waals surface area contributed by atoms with Crippen LogP contribution in [0.5, 0.6) is 0 Å². The van der Waals surface area contributed by atoms with Gasteiger partial charge in [-0.15, -0.1) is 0 Å². The lowest BCUT2D eigenvalue weighted by Crippen LogP contribution is -3.14. The minimum atomic E-state index is -0.0164. The number of hydrogen-bond acceptors (Lipinski definition) is 1. The molecule has 1 saturated carbocycles. The maximum Gasteiger partial charge on any atom is 0.279 e. The van der Waals surface area contributed by atoms with Gasteiger partial charge in [0.05, 0.1) is 23.8 Å². The van der Waals surface area contributed by atoms with Gasteiger partial charge in [-0.25, -0.2) is 0 Å². The molecule has 20 heavy (non-hydrogen) atoms. The number of carbonyl (C=O) groups excluding carboxylic acids is 1. The van der Waals surface area contributed by atoms with Crippen LogP contribution >= 0.6 is 23.2 Å². The Balaban J connectivity index is 1.89. The molecule has 1 amide bonds. The van der Waals surface area contributed by atoms with Crippen LogP contribution in [0.4, 0.5) is 5.69 Å². The molecule has 1 unspecified atom stereocenters. The number of rotatable bonds is 4. The van der Waals surface area contributed by atoms with Crippen molar-refractivity contribution < 1.29 is 9.69 Å². The second kappa shape index (κ2) is 7.30. The van der Waals surface area contributed by atoms with E-state index < -0.39 is 0 Å². The summed E-state index contributed by atoms with van der Waals surface area (Å²) >= 11 is 12.0. The van der Waals surface area contributed by atoms with Crippen LogP contribution in [0.2, 0.25) is 10.0 Å². The molecule has 1 aliphatic carbocycles. The Morgan fingerprint density at radius 1 is 1.30 bits per heavy atom. The quantitative estimate of drug-likeness (QED) is 0.880. The zero-order valence-corrected chi connectivity index (χ0v) is 13.2. The number of amides is 1. The number of halogens is 2. The highest BCUT2D eigenvalue weighted by molar-refractivity contribution is 6.35. The van der Waals surface area contributed by atoms with Crippen LogP contribution in [-0.4, -0.2) is 25.5 Å². The van der Waals surface area contributed by atoms with Gasteiger partial charge in [-0.05, 0) is 43.9 Å². The van der Waals surface area contributed by atoms with E-state index in [0.29, 0.717) is 28.3 Å². The molecule has 0 spiro atoms. The molecule has 0 aromatic heterocycles. The van der Waals surface area contributed by atoms with Gasteiger partial charge in [-0.1, -0.05) is 29.6 Å². The van der Waals surface area contributed by atoms with Gasteiger partial charge in [0.1, 0.15) is 0 Å². The van der Waals surface area contributed by atoms with Gasteiger partial charge in [-0.2, -0.15) is 0 Å². The van der Waals surface area contributed by atoms with Crippen molar-refractivity contribution in [3.8, 4) is 0 Å². The third kappa shape index (κ3) is 4.37. The normalized spacial score (nSPS) is 17.8. The van der Waals surface area contributed by atoms with Gasteiger partial charge in [0.2, 0.25) is 0 Å². The second-order valence-electron chi connectivity index (χ2n) is 5.53. The summed E-state index contributed by atoms with van der Waals surface area (Å²) in [6.07, 6.45) is 6.33. The van der Waals surface area contributed by atoms with E-state index >= 15 is 0 Å². The SMILES string of the molecule is C[NH+](CC(=O)Nc1cc(Cl)ccc1Cl)C1CCCCC1. The van der Waals surface area contributed by atoms with E-state index in [-0.39, 0.29) is 5.91 Å². The smallest absolute Gasteiger partial charge is 0.279 e. The van der Waals surface area contributed by atoms with Crippen molar-refractivity contribution in [1.29, 1.82) is 0 Å². The maximum atomic E-state index is 12.1. The zero-order valence-electron chi connectivity index (χ0n) is 11.7. The highest BCUT2D eigenvalue weighted by Crippen LogP contribution is 2.25. The Morgan fingerprint density at radius 3 is 2.70 bits per heavy atom. The Morgan fingerprint density at radius 2 is 2.00 bits per heavy atom. The standard InChI is InChI=1S/C15H20Cl2N2O/c1-19(12-5-3-2-4-6-12)10-15(20)18-14-9-11(16)7-8-13(14)17/h7-9,12H,2-6,10H2,1H3,(H,18,20)/p+1. The maximum absolute atomic E-state index is 12.1. The van der Waals surface area contributed by atoms with E-state index in [9.17, 15) is 4.79 Å². The first-order valence-electron chi connectivity index (χ1n) is 7.13. The topological polar surface area (TPSA) is 33.5 Å². The van der Waals surface area contributed by atoms with Crippen molar-refractivity contribution in [2.24, 2.45) is 0 Å². The van der Waals surface area contributed by atoms with E-state index in [1.165, 1.54) is 37.0 Å². The molecule has 1 aromatic carbocycles. The summed E-state index contributed by atoms with van der Waals surface area (Å²) in [4.78, 5) is 13.4. The molecule has 2 N–H and O–H groups in total. The lowest BCUT2D eigenvalue weighted by Gasteiger charge is -2.27. The largest absolute Gasteiger partial charge is 0.327 e. The first kappa shape index (κ1) is 15.6. The van der Waals surface area contributed by atoms with Crippen molar-refractivity contribution >= 4 is 34.8 Å². The summed E-state index contributed by atoms with van der Waals surface area (Å²) in [6.45, 7) is 0.466. The lowest BCUT2D eigenvalue weighted by atomic mass is 9.94. The predicted molar refractivity (Wildman–Crippen MR) is 83.7 cm³/mol. The number of carbonyl (C=O) groups is 1. The van der Waals surface area contributed by atoms with E-state index in [1.807, 2.05) is 0 Å². The van der Waals surface area contributed by atoms with E-state index in [1.54, 1.807) is 18.2 Å². The lowest BCUT2D eigenvalue weighted by molar-refractivity contribution is -0.899. The molecule has 0 aliphatic heterocycles. The minimum Gasteiger partial charge on any atom is -0.327 e. The summed E-state index contributed by atoms with van der Waals surface area (Å²) in [6, 6.07) is 5.68. The second-order valence-corrected chi connectivity index (χ2v) is 6.37. The summed E-state index contributed by atoms with van der Waals surface area (Å²) in [5.41, 5.74) is 0.584. The predicted octanol–water partition coefficient (Wildman–Crippen LogP) is 2.78. The first-order chi connectivity index (χ1) is 9.56. The number of quaternary nitrogens is 1. The average molecular weight is 316 g/mol. The summed E-state index contributed by atoms with van der Waals surface area (Å²) in [7, 11) is 2.09. The number of nitrogens with one attached hydrogen (secondary N) is 2. The first-order valence-corrected chi connectivity index (χ1v) is 7.89. The van der Waals surface area contributed by atoms with Gasteiger partial charge in [0.25, 0.3) is 5.91 Å². The Labute approximate surface area is 130 Å². The van der Waals surface area contributed by atoms with Crippen LogP contribution in [-0.2, 0) is 4.79 Å². The van der Waals surface area contributed by atoms with Gasteiger partial charge >= 0.3 is 0 Å². The molecule has 2 rings (SSSR count). The Kier molecular flexibility index (Phi) is 5.70. The third-order valence-corrected chi connectivity index (χ3v) is 4.51.